The Bertz CT molecular complexity index is 855. The van der Waals surface area contributed by atoms with E-state index in [0.29, 0.717) is 28.6 Å². The lowest BCUT2D eigenvalue weighted by Crippen LogP contribution is -2.35. The predicted octanol–water partition coefficient (Wildman–Crippen LogP) is 5.22. The van der Waals surface area contributed by atoms with Crippen molar-refractivity contribution in [2.45, 2.75) is 52.0 Å². The van der Waals surface area contributed by atoms with Crippen LogP contribution >= 0.6 is 7.37 Å². The molecule has 1 aliphatic rings. The zero-order valence-electron chi connectivity index (χ0n) is 18.7. The van der Waals surface area contributed by atoms with Crippen molar-refractivity contribution in [3.63, 3.8) is 0 Å². The molecular weight excluding hydrogens is 395 g/mol. The van der Waals surface area contributed by atoms with Gasteiger partial charge in [0, 0.05) is 43.0 Å². The first-order chi connectivity index (χ1) is 14.2. The molecule has 1 aromatic carbocycles. The van der Waals surface area contributed by atoms with Crippen LogP contribution in [0.4, 0.5) is 5.69 Å². The molecule has 1 fully saturated rings. The summed E-state index contributed by atoms with van der Waals surface area (Å²) < 4.78 is 20.9. The van der Waals surface area contributed by atoms with Gasteiger partial charge in [-0.05, 0) is 60.9 Å². The van der Waals surface area contributed by atoms with Crippen molar-refractivity contribution in [2.75, 3.05) is 19.0 Å². The lowest BCUT2D eigenvalue weighted by molar-refractivity contribution is 0.0427. The van der Waals surface area contributed by atoms with Crippen molar-refractivity contribution < 1.29 is 14.2 Å². The third kappa shape index (κ3) is 4.96. The number of benzene rings is 1. The smallest absolute Gasteiger partial charge is 0.264 e. The van der Waals surface area contributed by atoms with Gasteiger partial charge in [0.25, 0.3) is 7.37 Å². The van der Waals surface area contributed by atoms with Crippen LogP contribution in [0.3, 0.4) is 0 Å². The van der Waals surface area contributed by atoms with Gasteiger partial charge < -0.3 is 14.5 Å². The Morgan fingerprint density at radius 3 is 2.43 bits per heavy atom. The van der Waals surface area contributed by atoms with E-state index < -0.39 is 13.2 Å². The Morgan fingerprint density at radius 2 is 1.87 bits per heavy atom. The zero-order valence-corrected chi connectivity index (χ0v) is 19.6. The molecule has 0 spiro atoms. The number of hydrogen-bond donors (Lipinski definition) is 1. The van der Waals surface area contributed by atoms with Gasteiger partial charge in [-0.15, -0.1) is 0 Å². The number of pyridine rings is 1. The highest BCUT2D eigenvalue weighted by Crippen LogP contribution is 2.60. The fourth-order valence-electron chi connectivity index (χ4n) is 4.38. The Hall–Kier alpha value is -1.68. The molecule has 1 aromatic heterocycles. The molecule has 164 valence electrons. The van der Waals surface area contributed by atoms with Crippen LogP contribution in [0.1, 0.15) is 51.4 Å². The summed E-state index contributed by atoms with van der Waals surface area (Å²) in [5, 5.41) is 11.8. The predicted molar refractivity (Wildman–Crippen MR) is 123 cm³/mol. The van der Waals surface area contributed by atoms with Crippen LogP contribution in [0, 0.1) is 17.8 Å². The molecule has 0 aliphatic heterocycles. The summed E-state index contributed by atoms with van der Waals surface area (Å²) in [5.41, 5.74) is 1.52. The number of nitrogens with zero attached hydrogens (tertiary/aromatic N) is 2. The standard InChI is InChI=1S/C24H35N2O3P/c1-17(2)22-13-8-18(3)15-23(22)29-30(28,24(27)19-7-6-14-25-16-19)21-11-9-20(10-12-21)26(4)5/h6-7,9-12,14,16-18,22-24,27H,8,13,15H2,1-5H3/t18-,22-,23+,24-,30-/m0/s1. The second-order valence-electron chi connectivity index (χ2n) is 9.14. The van der Waals surface area contributed by atoms with Gasteiger partial charge in [-0.3, -0.25) is 9.55 Å². The van der Waals surface area contributed by atoms with Crippen molar-refractivity contribution in [2.24, 2.45) is 17.8 Å². The first kappa shape index (κ1) is 23.0. The van der Waals surface area contributed by atoms with Gasteiger partial charge in [-0.25, -0.2) is 0 Å². The maximum absolute atomic E-state index is 14.4. The molecular formula is C24H35N2O3P. The summed E-state index contributed by atoms with van der Waals surface area (Å²) in [5.74, 6) is 0.0332. The quantitative estimate of drug-likeness (QED) is 0.610. The van der Waals surface area contributed by atoms with Gasteiger partial charge in [0.2, 0.25) is 0 Å². The van der Waals surface area contributed by atoms with Crippen LogP contribution < -0.4 is 10.2 Å². The third-order valence-electron chi connectivity index (χ3n) is 6.28. The molecule has 1 aliphatic carbocycles. The van der Waals surface area contributed by atoms with Crippen molar-refractivity contribution in [1.29, 1.82) is 0 Å². The minimum atomic E-state index is -3.61. The zero-order chi connectivity index (χ0) is 21.9. The lowest BCUT2D eigenvalue weighted by atomic mass is 9.75. The number of anilines is 1. The van der Waals surface area contributed by atoms with E-state index in [1.54, 1.807) is 24.5 Å². The van der Waals surface area contributed by atoms with Gasteiger partial charge in [-0.1, -0.05) is 33.3 Å². The highest BCUT2D eigenvalue weighted by atomic mass is 31.2. The van der Waals surface area contributed by atoms with Gasteiger partial charge in [0.15, 0.2) is 5.85 Å². The monoisotopic (exact) mass is 430 g/mol. The Labute approximate surface area is 180 Å². The minimum absolute atomic E-state index is 0.139. The van der Waals surface area contributed by atoms with Crippen molar-refractivity contribution in [3.05, 3.63) is 54.4 Å². The molecule has 3 rings (SSSR count). The second kappa shape index (κ2) is 9.64. The molecule has 0 radical (unpaired) electrons. The van der Waals surface area contributed by atoms with Crippen molar-refractivity contribution in [3.8, 4) is 0 Å². The molecule has 0 amide bonds. The van der Waals surface area contributed by atoms with E-state index in [-0.39, 0.29) is 6.10 Å². The first-order valence-corrected chi connectivity index (χ1v) is 12.6. The molecule has 0 unspecified atom stereocenters. The molecule has 1 saturated carbocycles. The van der Waals surface area contributed by atoms with Crippen LogP contribution in [0.5, 0.6) is 0 Å². The van der Waals surface area contributed by atoms with Crippen LogP contribution in [0.15, 0.2) is 48.8 Å². The Balaban J connectivity index is 2.01. The fourth-order valence-corrected chi connectivity index (χ4v) is 6.65. The number of aliphatic hydroxyl groups excluding tert-OH is 1. The molecule has 1 N–H and O–H groups in total. The van der Waals surface area contributed by atoms with E-state index in [9.17, 15) is 9.67 Å². The maximum atomic E-state index is 14.4. The summed E-state index contributed by atoms with van der Waals surface area (Å²) in [6, 6.07) is 11.0. The van der Waals surface area contributed by atoms with E-state index in [1.165, 1.54) is 0 Å². The van der Waals surface area contributed by atoms with Crippen molar-refractivity contribution >= 4 is 18.4 Å². The summed E-state index contributed by atoms with van der Waals surface area (Å²) in [6.07, 6.45) is 6.16. The number of rotatable bonds is 7. The lowest BCUT2D eigenvalue weighted by Gasteiger charge is -2.39. The van der Waals surface area contributed by atoms with Crippen LogP contribution in [-0.2, 0) is 9.09 Å². The van der Waals surface area contributed by atoms with Crippen LogP contribution in [0.2, 0.25) is 0 Å². The topological polar surface area (TPSA) is 62.7 Å². The van der Waals surface area contributed by atoms with Gasteiger partial charge >= 0.3 is 0 Å². The summed E-state index contributed by atoms with van der Waals surface area (Å²) >= 11 is 0. The average Bonchev–Trinajstić information content (AvgIpc) is 2.73. The highest BCUT2D eigenvalue weighted by Gasteiger charge is 2.42. The molecule has 5 atom stereocenters. The number of aromatic nitrogens is 1. The maximum Gasteiger partial charge on any atom is 0.264 e. The average molecular weight is 431 g/mol. The summed E-state index contributed by atoms with van der Waals surface area (Å²) in [7, 11) is 0.319. The SMILES string of the molecule is CC(C)[C@@H]1CC[C@H](C)C[C@H]1O[P@@](=O)(c1ccc(N(C)C)cc1)[C@H](O)c1cccnc1. The van der Waals surface area contributed by atoms with E-state index in [1.807, 2.05) is 43.3 Å². The molecule has 0 bridgehead atoms. The molecule has 0 saturated heterocycles. The van der Waals surface area contributed by atoms with Crippen LogP contribution in [0.25, 0.3) is 0 Å². The number of aliphatic hydroxyl groups is 1. The van der Waals surface area contributed by atoms with E-state index in [0.717, 1.165) is 24.9 Å². The molecule has 5 nitrogen and oxygen atoms in total. The minimum Gasteiger partial charge on any atom is -0.378 e. The Kier molecular flexibility index (Phi) is 7.38. The van der Waals surface area contributed by atoms with Gasteiger partial charge in [-0.2, -0.15) is 0 Å². The molecule has 2 aromatic rings. The second-order valence-corrected chi connectivity index (χ2v) is 11.5. The largest absolute Gasteiger partial charge is 0.378 e. The molecule has 30 heavy (non-hydrogen) atoms. The van der Waals surface area contributed by atoms with Crippen LogP contribution in [-0.4, -0.2) is 30.3 Å². The highest BCUT2D eigenvalue weighted by molar-refractivity contribution is 7.67. The first-order valence-electron chi connectivity index (χ1n) is 10.9. The van der Waals surface area contributed by atoms with E-state index >= 15 is 0 Å². The normalized spacial score (nSPS) is 25.0. The third-order valence-corrected chi connectivity index (χ3v) is 8.83. The molecule has 6 heteroatoms. The van der Waals surface area contributed by atoms with E-state index in [4.69, 9.17) is 4.52 Å². The van der Waals surface area contributed by atoms with E-state index in [2.05, 4.69) is 25.8 Å². The summed E-state index contributed by atoms with van der Waals surface area (Å²) in [4.78, 5) is 6.10. The fraction of sp³-hybridized carbons (Fsp3) is 0.542. The Morgan fingerprint density at radius 1 is 1.17 bits per heavy atom. The molecule has 1 heterocycles. The number of hydrogen-bond acceptors (Lipinski definition) is 5. The van der Waals surface area contributed by atoms with Gasteiger partial charge in [0.1, 0.15) is 0 Å². The van der Waals surface area contributed by atoms with Crippen molar-refractivity contribution in [1.82, 2.24) is 4.98 Å². The summed E-state index contributed by atoms with van der Waals surface area (Å²) in [6.45, 7) is 6.62. The van der Waals surface area contributed by atoms with Gasteiger partial charge in [0.05, 0.1) is 6.10 Å².